The van der Waals surface area contributed by atoms with Crippen molar-refractivity contribution in [2.24, 2.45) is 4.99 Å². The number of carbonyl (C=O) groups is 1. The van der Waals surface area contributed by atoms with Gasteiger partial charge in [-0.3, -0.25) is 9.79 Å². The van der Waals surface area contributed by atoms with E-state index in [0.29, 0.717) is 6.42 Å². The van der Waals surface area contributed by atoms with Gasteiger partial charge in [-0.25, -0.2) is 4.68 Å². The number of likely N-dealkylation sites (tertiary alicyclic amines) is 1. The van der Waals surface area contributed by atoms with Crippen LogP contribution in [0.15, 0.2) is 47.7 Å². The fraction of sp³-hybridized carbons (Fsp3) is 0.450. The highest BCUT2D eigenvalue weighted by Gasteiger charge is 2.25. The average molecular weight is 368 g/mol. The van der Waals surface area contributed by atoms with E-state index in [1.54, 1.807) is 13.2 Å². The van der Waals surface area contributed by atoms with Crippen molar-refractivity contribution in [1.29, 1.82) is 0 Å². The Hall–Kier alpha value is -2.83. The maximum absolute atomic E-state index is 11.8. The van der Waals surface area contributed by atoms with Gasteiger partial charge < -0.3 is 15.5 Å². The van der Waals surface area contributed by atoms with E-state index in [0.717, 1.165) is 44.1 Å². The van der Waals surface area contributed by atoms with Crippen molar-refractivity contribution in [2.45, 2.75) is 32.2 Å². The number of nitrogens with zero attached hydrogens (tertiary/aromatic N) is 4. The smallest absolute Gasteiger partial charge is 0.222 e. The predicted molar refractivity (Wildman–Crippen MR) is 107 cm³/mol. The van der Waals surface area contributed by atoms with Crippen molar-refractivity contribution in [1.82, 2.24) is 25.3 Å². The molecule has 0 saturated carbocycles. The molecule has 1 aromatic carbocycles. The van der Waals surface area contributed by atoms with Crippen LogP contribution >= 0.6 is 0 Å². The normalized spacial score (nSPS) is 17.2. The van der Waals surface area contributed by atoms with Gasteiger partial charge in [0.2, 0.25) is 5.91 Å². The summed E-state index contributed by atoms with van der Waals surface area (Å²) in [5.74, 6) is 1.01. The standard InChI is InChI=1S/C20H28N6O/c1-3-19(27)25-14-10-17(15-25)24-20(21-2)22-12-9-16-5-7-18(8-6-16)26-13-4-11-23-26/h4-8,11,13,17H,3,9-10,12,14-15H2,1-2H3,(H2,21,22,24). The Labute approximate surface area is 160 Å². The number of hydrogen-bond donors (Lipinski definition) is 2. The van der Waals surface area contributed by atoms with Crippen LogP contribution in [0.25, 0.3) is 5.69 Å². The molecule has 1 fully saturated rings. The second-order valence-electron chi connectivity index (χ2n) is 6.69. The molecule has 2 aromatic rings. The average Bonchev–Trinajstić information content (AvgIpc) is 3.39. The van der Waals surface area contributed by atoms with E-state index in [1.165, 1.54) is 5.56 Å². The Bertz CT molecular complexity index is 753. The maximum atomic E-state index is 11.8. The number of hydrogen-bond acceptors (Lipinski definition) is 3. The lowest BCUT2D eigenvalue weighted by Crippen LogP contribution is -2.45. The van der Waals surface area contributed by atoms with Crippen LogP contribution in [0.4, 0.5) is 0 Å². The molecule has 1 amide bonds. The SMILES string of the molecule is CCC(=O)N1CCC(NC(=NC)NCCc2ccc(-n3cccn3)cc2)C1. The fourth-order valence-electron chi connectivity index (χ4n) is 3.28. The third-order valence-corrected chi connectivity index (χ3v) is 4.82. The Balaban J connectivity index is 1.43. The number of benzene rings is 1. The predicted octanol–water partition coefficient (Wildman–Crippen LogP) is 1.59. The minimum absolute atomic E-state index is 0.223. The zero-order valence-corrected chi connectivity index (χ0v) is 16.1. The van der Waals surface area contributed by atoms with E-state index >= 15 is 0 Å². The molecule has 1 aliphatic heterocycles. The zero-order valence-electron chi connectivity index (χ0n) is 16.1. The van der Waals surface area contributed by atoms with Crippen LogP contribution in [0.1, 0.15) is 25.3 Å². The highest BCUT2D eigenvalue weighted by atomic mass is 16.2. The zero-order chi connectivity index (χ0) is 19.1. The lowest BCUT2D eigenvalue weighted by Gasteiger charge is -2.18. The van der Waals surface area contributed by atoms with Crippen LogP contribution < -0.4 is 10.6 Å². The molecule has 0 spiro atoms. The van der Waals surface area contributed by atoms with E-state index in [1.807, 2.05) is 28.8 Å². The summed E-state index contributed by atoms with van der Waals surface area (Å²) in [6.45, 7) is 4.28. The van der Waals surface area contributed by atoms with Crippen molar-refractivity contribution in [3.63, 3.8) is 0 Å². The third-order valence-electron chi connectivity index (χ3n) is 4.82. The summed E-state index contributed by atoms with van der Waals surface area (Å²) in [6.07, 6.45) is 6.15. The Morgan fingerprint density at radius 3 is 2.81 bits per heavy atom. The second kappa shape index (κ2) is 9.21. The van der Waals surface area contributed by atoms with E-state index in [4.69, 9.17) is 0 Å². The lowest BCUT2D eigenvalue weighted by atomic mass is 10.1. The molecule has 144 valence electrons. The molecule has 1 atom stereocenters. The Morgan fingerprint density at radius 1 is 1.33 bits per heavy atom. The molecule has 1 unspecified atom stereocenters. The minimum Gasteiger partial charge on any atom is -0.356 e. The third kappa shape index (κ3) is 5.09. The molecular weight excluding hydrogens is 340 g/mol. The second-order valence-corrected chi connectivity index (χ2v) is 6.69. The largest absolute Gasteiger partial charge is 0.356 e. The first-order valence-electron chi connectivity index (χ1n) is 9.53. The summed E-state index contributed by atoms with van der Waals surface area (Å²) in [5, 5.41) is 11.0. The molecule has 1 aromatic heterocycles. The molecule has 0 aliphatic carbocycles. The highest BCUT2D eigenvalue weighted by molar-refractivity contribution is 5.80. The molecule has 2 N–H and O–H groups in total. The number of nitrogens with one attached hydrogen (secondary N) is 2. The van der Waals surface area contributed by atoms with Crippen LogP contribution in [0, 0.1) is 0 Å². The first-order valence-corrected chi connectivity index (χ1v) is 9.53. The monoisotopic (exact) mass is 368 g/mol. The molecule has 7 heteroatoms. The highest BCUT2D eigenvalue weighted by Crippen LogP contribution is 2.11. The first kappa shape index (κ1) is 18.9. The van der Waals surface area contributed by atoms with Crippen LogP contribution in [0.2, 0.25) is 0 Å². The molecule has 3 rings (SSSR count). The van der Waals surface area contributed by atoms with Crippen molar-refractivity contribution in [3.05, 3.63) is 48.3 Å². The fourth-order valence-corrected chi connectivity index (χ4v) is 3.28. The number of rotatable bonds is 6. The van der Waals surface area contributed by atoms with E-state index < -0.39 is 0 Å². The van der Waals surface area contributed by atoms with Gasteiger partial charge in [-0.1, -0.05) is 19.1 Å². The van der Waals surface area contributed by atoms with E-state index in [9.17, 15) is 4.79 Å². The quantitative estimate of drug-likeness (QED) is 0.600. The van der Waals surface area contributed by atoms with E-state index in [2.05, 4.69) is 45.0 Å². The molecule has 0 bridgehead atoms. The van der Waals surface area contributed by atoms with Crippen molar-refractivity contribution >= 4 is 11.9 Å². The molecule has 27 heavy (non-hydrogen) atoms. The van der Waals surface area contributed by atoms with Gasteiger partial charge in [0.25, 0.3) is 0 Å². The van der Waals surface area contributed by atoms with Gasteiger partial charge >= 0.3 is 0 Å². The maximum Gasteiger partial charge on any atom is 0.222 e. The van der Waals surface area contributed by atoms with Crippen molar-refractivity contribution in [3.8, 4) is 5.69 Å². The van der Waals surface area contributed by atoms with Crippen LogP contribution in [0.5, 0.6) is 0 Å². The van der Waals surface area contributed by atoms with Crippen molar-refractivity contribution in [2.75, 3.05) is 26.7 Å². The van der Waals surface area contributed by atoms with Crippen LogP contribution in [0.3, 0.4) is 0 Å². The van der Waals surface area contributed by atoms with Crippen LogP contribution in [-0.4, -0.2) is 59.3 Å². The van der Waals surface area contributed by atoms with Crippen molar-refractivity contribution < 1.29 is 4.79 Å². The summed E-state index contributed by atoms with van der Waals surface area (Å²) in [7, 11) is 1.78. The molecule has 1 saturated heterocycles. The molecule has 2 heterocycles. The van der Waals surface area contributed by atoms with Gasteiger partial charge in [-0.15, -0.1) is 0 Å². The topological polar surface area (TPSA) is 74.6 Å². The minimum atomic E-state index is 0.223. The number of aliphatic imine (C=N–C) groups is 1. The van der Waals surface area contributed by atoms with E-state index in [-0.39, 0.29) is 11.9 Å². The Kier molecular flexibility index (Phi) is 6.46. The molecule has 7 nitrogen and oxygen atoms in total. The van der Waals surface area contributed by atoms with Gasteiger partial charge in [0.1, 0.15) is 0 Å². The summed E-state index contributed by atoms with van der Waals surface area (Å²) < 4.78 is 1.85. The molecular formula is C20H28N6O. The number of carbonyl (C=O) groups excluding carboxylic acids is 1. The number of aromatic nitrogens is 2. The van der Waals surface area contributed by atoms with Gasteiger partial charge in [0, 0.05) is 51.5 Å². The summed E-state index contributed by atoms with van der Waals surface area (Å²) in [4.78, 5) is 18.0. The summed E-state index contributed by atoms with van der Waals surface area (Å²) >= 11 is 0. The van der Waals surface area contributed by atoms with Crippen LogP contribution in [-0.2, 0) is 11.2 Å². The summed E-state index contributed by atoms with van der Waals surface area (Å²) in [6, 6.07) is 10.6. The van der Waals surface area contributed by atoms with Gasteiger partial charge in [0.05, 0.1) is 5.69 Å². The number of guanidine groups is 1. The number of amides is 1. The van der Waals surface area contributed by atoms with Gasteiger partial charge in [-0.2, -0.15) is 5.10 Å². The first-order chi connectivity index (χ1) is 13.2. The summed E-state index contributed by atoms with van der Waals surface area (Å²) in [5.41, 5.74) is 2.32. The van der Waals surface area contributed by atoms with Gasteiger partial charge in [0.15, 0.2) is 5.96 Å². The molecule has 1 aliphatic rings. The lowest BCUT2D eigenvalue weighted by molar-refractivity contribution is -0.129. The Morgan fingerprint density at radius 2 is 2.15 bits per heavy atom. The molecule has 0 radical (unpaired) electrons. The van der Waals surface area contributed by atoms with Gasteiger partial charge in [-0.05, 0) is 36.6 Å².